The normalized spacial score (nSPS) is 13.8. The number of hydrogen-bond acceptors (Lipinski definition) is 10. The molecule has 17 nitrogen and oxygen atoms in total. The third kappa shape index (κ3) is 10.4. The number of rotatable bonds is 17. The van der Waals surface area contributed by atoms with Gasteiger partial charge in [-0.3, -0.25) is 28.8 Å². The standard InChI is InChI=1S/C26H39N9O8S/c1-12(2)43-13-4-5-14-15(7-16(28)24(40)32-10-22(38)31-3)26(35-17(14)6-13)44(42)11-19(33-21(37)9-27)25(41)34-18(23(30)39)8-20(29)36/h4-6,12,16,18-19,35H,7-11,27-28H2,1-3H3,(H2,29,36)(H2,30,39)(H,31,38)(H,32,40)(H,33,37)(H,34,41)/t16-,18-,19-,44?/m0/s1. The van der Waals surface area contributed by atoms with Crippen LogP contribution < -0.4 is 48.9 Å². The Morgan fingerprint density at radius 2 is 1.70 bits per heavy atom. The van der Waals surface area contributed by atoms with Gasteiger partial charge < -0.3 is 58.5 Å². The highest BCUT2D eigenvalue weighted by Gasteiger charge is 2.33. The number of benzene rings is 1. The molecule has 1 aromatic heterocycles. The summed E-state index contributed by atoms with van der Waals surface area (Å²) in [5.74, 6) is -4.80. The van der Waals surface area contributed by atoms with Crippen molar-refractivity contribution in [3.63, 3.8) is 0 Å². The summed E-state index contributed by atoms with van der Waals surface area (Å²) < 4.78 is 19.6. The molecule has 1 aromatic carbocycles. The van der Waals surface area contributed by atoms with Crippen molar-refractivity contribution >= 4 is 57.5 Å². The number of H-pyrrole nitrogens is 1. The SMILES string of the molecule is CNC(=O)CNC(=O)[C@@H](N)Cc1c([S+]([O-])C[C@H](NC(=O)CN)C(=O)N[C@@H](CC(N)=O)C(N)=O)[nH]c2cc(OC(C)C)ccc12. The predicted octanol–water partition coefficient (Wildman–Crippen LogP) is -3.92. The lowest BCUT2D eigenvalue weighted by molar-refractivity contribution is -0.131. The zero-order valence-electron chi connectivity index (χ0n) is 24.6. The average molecular weight is 638 g/mol. The van der Waals surface area contributed by atoms with Crippen LogP contribution in [0.15, 0.2) is 23.2 Å². The number of amides is 6. The summed E-state index contributed by atoms with van der Waals surface area (Å²) in [4.78, 5) is 75.6. The summed E-state index contributed by atoms with van der Waals surface area (Å²) in [5, 5.41) is 10.0. The average Bonchev–Trinajstić information content (AvgIpc) is 3.31. The number of carbonyl (C=O) groups is 6. The van der Waals surface area contributed by atoms with Crippen molar-refractivity contribution in [3.8, 4) is 5.75 Å². The van der Waals surface area contributed by atoms with E-state index < -0.39 is 83.5 Å². The Morgan fingerprint density at radius 3 is 2.27 bits per heavy atom. The first-order valence-electron chi connectivity index (χ1n) is 13.5. The van der Waals surface area contributed by atoms with Crippen molar-refractivity contribution < 1.29 is 38.1 Å². The fourth-order valence-corrected chi connectivity index (χ4v) is 5.42. The van der Waals surface area contributed by atoms with E-state index in [1.54, 1.807) is 18.2 Å². The van der Waals surface area contributed by atoms with E-state index in [9.17, 15) is 33.3 Å². The van der Waals surface area contributed by atoms with Gasteiger partial charge in [-0.05, 0) is 26.0 Å². The lowest BCUT2D eigenvalue weighted by atomic mass is 10.0. The predicted molar refractivity (Wildman–Crippen MR) is 160 cm³/mol. The summed E-state index contributed by atoms with van der Waals surface area (Å²) in [5.41, 5.74) is 22.8. The van der Waals surface area contributed by atoms with Crippen molar-refractivity contribution in [2.45, 2.75) is 55.9 Å². The van der Waals surface area contributed by atoms with E-state index in [1.165, 1.54) is 7.05 Å². The molecule has 6 amide bonds. The van der Waals surface area contributed by atoms with Crippen LogP contribution in [-0.4, -0.2) is 95.1 Å². The summed E-state index contributed by atoms with van der Waals surface area (Å²) >= 11 is -2.06. The van der Waals surface area contributed by atoms with Crippen molar-refractivity contribution in [2.75, 3.05) is 25.9 Å². The lowest BCUT2D eigenvalue weighted by Crippen LogP contribution is -2.56. The Morgan fingerprint density at radius 1 is 1.02 bits per heavy atom. The molecule has 0 aliphatic rings. The van der Waals surface area contributed by atoms with E-state index in [2.05, 4.69) is 26.3 Å². The molecule has 0 aliphatic heterocycles. The number of nitrogens with two attached hydrogens (primary N) is 4. The zero-order chi connectivity index (χ0) is 33.1. The Balaban J connectivity index is 2.47. The summed E-state index contributed by atoms with van der Waals surface area (Å²) in [6.45, 7) is 2.88. The van der Waals surface area contributed by atoms with Gasteiger partial charge in [0.25, 0.3) is 0 Å². The van der Waals surface area contributed by atoms with E-state index in [0.29, 0.717) is 22.2 Å². The van der Waals surface area contributed by atoms with Crippen molar-refractivity contribution in [1.82, 2.24) is 26.3 Å². The molecule has 1 heterocycles. The third-order valence-electron chi connectivity index (χ3n) is 6.12. The second-order valence-electron chi connectivity index (χ2n) is 9.98. The first-order valence-corrected chi connectivity index (χ1v) is 14.8. The Bertz CT molecular complexity index is 1380. The molecular weight excluding hydrogens is 598 g/mol. The van der Waals surface area contributed by atoms with Crippen molar-refractivity contribution in [3.05, 3.63) is 23.8 Å². The minimum Gasteiger partial charge on any atom is -0.610 e. The highest BCUT2D eigenvalue weighted by atomic mass is 32.2. The van der Waals surface area contributed by atoms with Crippen LogP contribution >= 0.6 is 0 Å². The fraction of sp³-hybridized carbons (Fsp3) is 0.462. The van der Waals surface area contributed by atoms with Crippen LogP contribution in [0, 0.1) is 0 Å². The molecule has 18 heteroatoms. The Hall–Kier alpha value is -4.39. The van der Waals surface area contributed by atoms with Gasteiger partial charge in [-0.15, -0.1) is 0 Å². The van der Waals surface area contributed by atoms with Gasteiger partial charge in [0.2, 0.25) is 40.5 Å². The van der Waals surface area contributed by atoms with Crippen molar-refractivity contribution in [2.24, 2.45) is 22.9 Å². The molecule has 44 heavy (non-hydrogen) atoms. The van der Waals surface area contributed by atoms with E-state index >= 15 is 0 Å². The molecule has 1 unspecified atom stereocenters. The summed E-state index contributed by atoms with van der Waals surface area (Å²) in [6.07, 6.45) is -0.870. The minimum absolute atomic E-state index is 0.0969. The second-order valence-corrected chi connectivity index (χ2v) is 11.4. The molecule has 4 atom stereocenters. The molecule has 0 bridgehead atoms. The maximum absolute atomic E-state index is 13.8. The minimum atomic E-state index is -2.06. The molecule has 0 saturated carbocycles. The van der Waals surface area contributed by atoms with Crippen LogP contribution in [0.25, 0.3) is 10.9 Å². The number of nitrogens with one attached hydrogen (secondary N) is 5. The number of likely N-dealkylation sites (N-methyl/N-ethyl adjacent to an activating group) is 1. The van der Waals surface area contributed by atoms with Crippen LogP contribution in [0.2, 0.25) is 0 Å². The molecule has 0 spiro atoms. The maximum atomic E-state index is 13.8. The topological polar surface area (TPSA) is 303 Å². The van der Waals surface area contributed by atoms with Gasteiger partial charge >= 0.3 is 0 Å². The van der Waals surface area contributed by atoms with Gasteiger partial charge in [0.05, 0.1) is 37.2 Å². The second kappa shape index (κ2) is 16.5. The van der Waals surface area contributed by atoms with E-state index in [1.807, 2.05) is 13.8 Å². The van der Waals surface area contributed by atoms with Gasteiger partial charge in [-0.2, -0.15) is 0 Å². The van der Waals surface area contributed by atoms with Gasteiger partial charge in [0, 0.05) is 41.7 Å². The molecule has 0 radical (unpaired) electrons. The number of carbonyl (C=O) groups excluding carboxylic acids is 6. The van der Waals surface area contributed by atoms with E-state index in [-0.39, 0.29) is 24.1 Å². The van der Waals surface area contributed by atoms with Gasteiger partial charge in [-0.25, -0.2) is 0 Å². The monoisotopic (exact) mass is 637 g/mol. The molecule has 0 saturated heterocycles. The van der Waals surface area contributed by atoms with Crippen LogP contribution in [-0.2, 0) is 46.4 Å². The number of primary amides is 2. The van der Waals surface area contributed by atoms with Gasteiger partial charge in [-0.1, -0.05) is 0 Å². The Labute approximate surface area is 256 Å². The van der Waals surface area contributed by atoms with Crippen molar-refractivity contribution in [1.29, 1.82) is 0 Å². The number of aromatic amines is 1. The largest absolute Gasteiger partial charge is 0.610 e. The lowest BCUT2D eigenvalue weighted by Gasteiger charge is -2.22. The molecule has 242 valence electrons. The first-order chi connectivity index (χ1) is 20.7. The summed E-state index contributed by atoms with van der Waals surface area (Å²) in [7, 11) is 1.41. The summed E-state index contributed by atoms with van der Waals surface area (Å²) in [6, 6.07) is 0.895. The van der Waals surface area contributed by atoms with Crippen LogP contribution in [0.1, 0.15) is 25.8 Å². The van der Waals surface area contributed by atoms with Crippen LogP contribution in [0.5, 0.6) is 5.75 Å². The maximum Gasteiger partial charge on any atom is 0.248 e. The number of ether oxygens (including phenoxy) is 1. The van der Waals surface area contributed by atoms with Gasteiger partial charge in [0.1, 0.15) is 17.5 Å². The molecule has 0 fully saturated rings. The quantitative estimate of drug-likeness (QED) is 0.0759. The number of aromatic nitrogens is 1. The van der Waals surface area contributed by atoms with E-state index in [0.717, 1.165) is 0 Å². The molecule has 13 N–H and O–H groups in total. The number of fused-ring (bicyclic) bond motifs is 1. The molecule has 0 aliphatic carbocycles. The zero-order valence-corrected chi connectivity index (χ0v) is 25.4. The van der Waals surface area contributed by atoms with Crippen LogP contribution in [0.3, 0.4) is 0 Å². The fourth-order valence-electron chi connectivity index (χ4n) is 4.02. The number of hydrogen-bond donors (Lipinski definition) is 9. The van der Waals surface area contributed by atoms with Crippen LogP contribution in [0.4, 0.5) is 0 Å². The molecular formula is C26H39N9O8S. The highest BCUT2D eigenvalue weighted by molar-refractivity contribution is 7.91. The molecule has 2 aromatic rings. The van der Waals surface area contributed by atoms with E-state index in [4.69, 9.17) is 27.7 Å². The highest BCUT2D eigenvalue weighted by Crippen LogP contribution is 2.31. The third-order valence-corrected chi connectivity index (χ3v) is 7.56. The van der Waals surface area contributed by atoms with Gasteiger partial charge in [0.15, 0.2) is 6.04 Å². The smallest absolute Gasteiger partial charge is 0.248 e. The molecule has 2 rings (SSSR count). The first kappa shape index (κ1) is 35.8. The Kier molecular flexibility index (Phi) is 13.4.